The molecular formula is C18H18N6O3. The van der Waals surface area contributed by atoms with E-state index in [0.29, 0.717) is 23.7 Å². The first-order valence-corrected chi connectivity index (χ1v) is 8.42. The Bertz CT molecular complexity index is 1090. The topological polar surface area (TPSA) is 95.6 Å². The smallest absolute Gasteiger partial charge is 0.262 e. The van der Waals surface area contributed by atoms with Crippen molar-refractivity contribution in [1.82, 2.24) is 24.6 Å². The molecule has 4 aromatic rings. The van der Waals surface area contributed by atoms with Crippen LogP contribution in [-0.4, -0.2) is 50.8 Å². The molecule has 4 rings (SSSR count). The third-order valence-corrected chi connectivity index (χ3v) is 4.17. The Morgan fingerprint density at radius 3 is 3.00 bits per heavy atom. The van der Waals surface area contributed by atoms with E-state index in [4.69, 9.17) is 9.47 Å². The highest BCUT2D eigenvalue weighted by atomic mass is 16.5. The molecule has 27 heavy (non-hydrogen) atoms. The molecule has 9 heteroatoms. The van der Waals surface area contributed by atoms with Crippen LogP contribution in [0.15, 0.2) is 48.8 Å². The number of tetrazole rings is 1. The minimum atomic E-state index is -0.290. The minimum Gasteiger partial charge on any atom is -0.483 e. The number of pyridine rings is 1. The number of anilines is 1. The zero-order chi connectivity index (χ0) is 18.6. The highest BCUT2D eigenvalue weighted by molar-refractivity contribution is 5.95. The molecule has 1 N–H and O–H groups in total. The lowest BCUT2D eigenvalue weighted by atomic mass is 10.2. The fourth-order valence-electron chi connectivity index (χ4n) is 2.90. The van der Waals surface area contributed by atoms with Gasteiger partial charge in [0, 0.05) is 31.4 Å². The average Bonchev–Trinajstić information content (AvgIpc) is 3.32. The lowest BCUT2D eigenvalue weighted by molar-refractivity contribution is -0.118. The van der Waals surface area contributed by atoms with Gasteiger partial charge in [-0.3, -0.25) is 4.79 Å². The summed E-state index contributed by atoms with van der Waals surface area (Å²) in [6.07, 6.45) is 3.69. The summed E-state index contributed by atoms with van der Waals surface area (Å²) in [5.41, 5.74) is 2.03. The number of benzene rings is 1. The van der Waals surface area contributed by atoms with Gasteiger partial charge in [0.25, 0.3) is 5.91 Å². The molecule has 0 aliphatic heterocycles. The van der Waals surface area contributed by atoms with Crippen molar-refractivity contribution < 1.29 is 14.3 Å². The van der Waals surface area contributed by atoms with Crippen LogP contribution in [0.4, 0.5) is 5.69 Å². The summed E-state index contributed by atoms with van der Waals surface area (Å²) in [5.74, 6) is 0.364. The molecule has 3 aromatic heterocycles. The third-order valence-electron chi connectivity index (χ3n) is 4.17. The number of methoxy groups -OCH3 is 1. The van der Waals surface area contributed by atoms with Crippen molar-refractivity contribution in [2.75, 3.05) is 25.6 Å². The second-order valence-electron chi connectivity index (χ2n) is 5.90. The van der Waals surface area contributed by atoms with Crippen LogP contribution in [0.2, 0.25) is 0 Å². The van der Waals surface area contributed by atoms with Crippen molar-refractivity contribution in [3.05, 3.63) is 48.8 Å². The summed E-state index contributed by atoms with van der Waals surface area (Å²) in [5, 5.41) is 15.0. The van der Waals surface area contributed by atoms with Gasteiger partial charge in [-0.25, -0.2) is 0 Å². The maximum Gasteiger partial charge on any atom is 0.262 e. The molecule has 0 unspecified atom stereocenters. The predicted molar refractivity (Wildman–Crippen MR) is 98.7 cm³/mol. The van der Waals surface area contributed by atoms with Crippen molar-refractivity contribution in [2.24, 2.45) is 0 Å². The summed E-state index contributed by atoms with van der Waals surface area (Å²) in [4.78, 5) is 12.3. The van der Waals surface area contributed by atoms with Crippen LogP contribution in [0.5, 0.6) is 5.75 Å². The highest BCUT2D eigenvalue weighted by Crippen LogP contribution is 2.26. The van der Waals surface area contributed by atoms with Gasteiger partial charge >= 0.3 is 0 Å². The van der Waals surface area contributed by atoms with Gasteiger partial charge in [0.15, 0.2) is 6.61 Å². The molecule has 0 spiro atoms. The van der Waals surface area contributed by atoms with Crippen molar-refractivity contribution in [3.63, 3.8) is 0 Å². The van der Waals surface area contributed by atoms with E-state index in [1.165, 1.54) is 4.52 Å². The van der Waals surface area contributed by atoms with E-state index in [1.807, 2.05) is 30.5 Å². The molecule has 138 valence electrons. The molecule has 0 radical (unpaired) electrons. The molecule has 0 aliphatic rings. The van der Waals surface area contributed by atoms with Gasteiger partial charge in [-0.15, -0.1) is 5.10 Å². The largest absolute Gasteiger partial charge is 0.483 e. The van der Waals surface area contributed by atoms with Crippen LogP contribution in [0.25, 0.3) is 16.6 Å². The molecule has 0 saturated heterocycles. The fraction of sp³-hybridized carbons (Fsp3) is 0.222. The maximum atomic E-state index is 12.3. The first-order valence-electron chi connectivity index (χ1n) is 8.42. The number of nitrogens with one attached hydrogen (secondary N) is 1. The van der Waals surface area contributed by atoms with E-state index in [9.17, 15) is 4.79 Å². The second-order valence-corrected chi connectivity index (χ2v) is 5.90. The van der Waals surface area contributed by atoms with Crippen LogP contribution < -0.4 is 10.1 Å². The number of fused-ring (bicyclic) bond motifs is 2. The monoisotopic (exact) mass is 366 g/mol. The van der Waals surface area contributed by atoms with Crippen LogP contribution in [0.1, 0.15) is 0 Å². The van der Waals surface area contributed by atoms with Gasteiger partial charge < -0.3 is 19.4 Å². The number of carbonyl (C=O) groups is 1. The predicted octanol–water partition coefficient (Wildman–Crippen LogP) is 1.74. The number of hydrogen-bond acceptors (Lipinski definition) is 6. The zero-order valence-electron chi connectivity index (χ0n) is 14.7. The van der Waals surface area contributed by atoms with Crippen LogP contribution in [0.3, 0.4) is 0 Å². The van der Waals surface area contributed by atoms with Gasteiger partial charge in [0.05, 0.1) is 17.8 Å². The number of hydrogen-bond donors (Lipinski definition) is 1. The van der Waals surface area contributed by atoms with Gasteiger partial charge in [0.2, 0.25) is 5.65 Å². The number of ether oxygens (including phenoxy) is 2. The normalized spacial score (nSPS) is 11.1. The Morgan fingerprint density at radius 1 is 1.19 bits per heavy atom. The maximum absolute atomic E-state index is 12.3. The SMILES string of the molecule is COCCn1ccc2c(OCC(=O)Nc3cccn4nnnc34)cccc21. The molecule has 9 nitrogen and oxygen atoms in total. The molecular weight excluding hydrogens is 348 g/mol. The number of aromatic nitrogens is 5. The van der Waals surface area contributed by atoms with Gasteiger partial charge in [-0.2, -0.15) is 4.52 Å². The van der Waals surface area contributed by atoms with Gasteiger partial charge in [-0.05, 0) is 40.8 Å². The third kappa shape index (κ3) is 3.44. The van der Waals surface area contributed by atoms with Crippen molar-refractivity contribution in [3.8, 4) is 5.75 Å². The van der Waals surface area contributed by atoms with E-state index in [2.05, 4.69) is 25.4 Å². The van der Waals surface area contributed by atoms with E-state index >= 15 is 0 Å². The summed E-state index contributed by atoms with van der Waals surface area (Å²) < 4.78 is 14.5. The Kier molecular flexibility index (Phi) is 4.67. The van der Waals surface area contributed by atoms with Crippen LogP contribution in [0, 0.1) is 0 Å². The number of carbonyl (C=O) groups excluding carboxylic acids is 1. The molecule has 0 bridgehead atoms. The first kappa shape index (κ1) is 17.0. The minimum absolute atomic E-state index is 0.120. The van der Waals surface area contributed by atoms with Crippen molar-refractivity contribution in [2.45, 2.75) is 6.54 Å². The molecule has 0 fully saturated rings. The number of amides is 1. The van der Waals surface area contributed by atoms with Gasteiger partial charge in [-0.1, -0.05) is 6.07 Å². The highest BCUT2D eigenvalue weighted by Gasteiger charge is 2.11. The lowest BCUT2D eigenvalue weighted by Gasteiger charge is -2.10. The molecule has 1 aromatic carbocycles. The van der Waals surface area contributed by atoms with Crippen molar-refractivity contribution in [1.29, 1.82) is 0 Å². The first-order chi connectivity index (χ1) is 13.3. The Hall–Kier alpha value is -3.46. The average molecular weight is 366 g/mol. The molecule has 0 atom stereocenters. The van der Waals surface area contributed by atoms with E-state index in [-0.39, 0.29) is 12.5 Å². The Morgan fingerprint density at radius 2 is 2.11 bits per heavy atom. The summed E-state index contributed by atoms with van der Waals surface area (Å²) >= 11 is 0. The lowest BCUT2D eigenvalue weighted by Crippen LogP contribution is -2.20. The van der Waals surface area contributed by atoms with Gasteiger partial charge in [0.1, 0.15) is 5.75 Å². The molecule has 1 amide bonds. The quantitative estimate of drug-likeness (QED) is 0.535. The van der Waals surface area contributed by atoms with E-state index in [1.54, 1.807) is 25.4 Å². The summed E-state index contributed by atoms with van der Waals surface area (Å²) in [6, 6.07) is 11.2. The van der Waals surface area contributed by atoms with E-state index in [0.717, 1.165) is 17.4 Å². The van der Waals surface area contributed by atoms with Crippen molar-refractivity contribution >= 4 is 28.1 Å². The second kappa shape index (κ2) is 7.42. The fourth-order valence-corrected chi connectivity index (χ4v) is 2.90. The zero-order valence-corrected chi connectivity index (χ0v) is 14.7. The standard InChI is InChI=1S/C18H18N6O3/c1-26-11-10-23-9-7-13-15(23)5-2-6-16(13)27-12-17(25)19-14-4-3-8-24-18(14)20-21-22-24/h2-9H,10-12H2,1H3,(H,19,25). The molecule has 0 aliphatic carbocycles. The number of rotatable bonds is 7. The summed E-state index contributed by atoms with van der Waals surface area (Å²) in [6.45, 7) is 1.26. The Labute approximate surface area is 154 Å². The van der Waals surface area contributed by atoms with Crippen LogP contribution >= 0.6 is 0 Å². The molecule has 0 saturated carbocycles. The van der Waals surface area contributed by atoms with Crippen LogP contribution in [-0.2, 0) is 16.1 Å². The van der Waals surface area contributed by atoms with E-state index < -0.39 is 0 Å². The Balaban J connectivity index is 1.46. The molecule has 3 heterocycles. The summed E-state index contributed by atoms with van der Waals surface area (Å²) in [7, 11) is 1.68. The number of nitrogens with zero attached hydrogens (tertiary/aromatic N) is 5.